The van der Waals surface area contributed by atoms with Gasteiger partial charge in [0.15, 0.2) is 0 Å². The molecule has 4 heteroatoms. The first-order valence-electron chi connectivity index (χ1n) is 7.25. The second-order valence-electron chi connectivity index (χ2n) is 5.65. The zero-order valence-electron chi connectivity index (χ0n) is 11.3. The first-order valence-corrected chi connectivity index (χ1v) is 8.04. The zero-order valence-corrected chi connectivity index (χ0v) is 12.9. The second-order valence-corrected chi connectivity index (χ2v) is 6.57. The maximum absolute atomic E-state index is 5.77. The summed E-state index contributed by atoms with van der Waals surface area (Å²) >= 11 is 3.59. The zero-order chi connectivity index (χ0) is 13.2. The molecule has 3 rings (SSSR count). The van der Waals surface area contributed by atoms with Crippen molar-refractivity contribution >= 4 is 21.6 Å². The third kappa shape index (κ3) is 2.96. The van der Waals surface area contributed by atoms with Crippen molar-refractivity contribution in [3.63, 3.8) is 0 Å². The molecule has 2 aliphatic rings. The van der Waals surface area contributed by atoms with Crippen molar-refractivity contribution in [2.45, 2.75) is 31.8 Å². The van der Waals surface area contributed by atoms with Crippen molar-refractivity contribution in [1.82, 2.24) is 4.90 Å². The Kier molecular flexibility index (Phi) is 4.10. The molecule has 3 nitrogen and oxygen atoms in total. The molecule has 104 valence electrons. The minimum absolute atomic E-state index is 0.607. The van der Waals surface area contributed by atoms with E-state index < -0.39 is 0 Å². The predicted octanol–water partition coefficient (Wildman–Crippen LogP) is 2.58. The molecule has 2 N–H and O–H groups in total. The molecule has 0 aromatic heterocycles. The van der Waals surface area contributed by atoms with Gasteiger partial charge in [-0.2, -0.15) is 0 Å². The van der Waals surface area contributed by atoms with E-state index in [0.29, 0.717) is 6.54 Å². The highest BCUT2D eigenvalue weighted by Gasteiger charge is 2.29. The molecular weight excluding hydrogens is 302 g/mol. The van der Waals surface area contributed by atoms with Crippen LogP contribution in [0.15, 0.2) is 22.7 Å². The van der Waals surface area contributed by atoms with Gasteiger partial charge in [0.25, 0.3) is 0 Å². The van der Waals surface area contributed by atoms with Gasteiger partial charge >= 0.3 is 0 Å². The van der Waals surface area contributed by atoms with Crippen LogP contribution < -0.4 is 10.6 Å². The summed E-state index contributed by atoms with van der Waals surface area (Å²) in [5, 5.41) is 0. The number of anilines is 1. The molecule has 2 aliphatic heterocycles. The Morgan fingerprint density at radius 3 is 2.68 bits per heavy atom. The van der Waals surface area contributed by atoms with Crippen LogP contribution in [-0.2, 0) is 6.54 Å². The van der Waals surface area contributed by atoms with Gasteiger partial charge in [-0.05, 0) is 56.1 Å². The van der Waals surface area contributed by atoms with Crippen molar-refractivity contribution < 1.29 is 0 Å². The van der Waals surface area contributed by atoms with Crippen LogP contribution in [0, 0.1) is 0 Å². The van der Waals surface area contributed by atoms with Gasteiger partial charge in [-0.25, -0.2) is 0 Å². The van der Waals surface area contributed by atoms with Gasteiger partial charge in [0.1, 0.15) is 0 Å². The van der Waals surface area contributed by atoms with Crippen molar-refractivity contribution in [2.75, 3.05) is 31.1 Å². The second kappa shape index (κ2) is 5.81. The lowest BCUT2D eigenvalue weighted by Gasteiger charge is -2.25. The Balaban J connectivity index is 1.71. The third-order valence-corrected chi connectivity index (χ3v) is 4.82. The smallest absolute Gasteiger partial charge is 0.0381 e. The summed E-state index contributed by atoms with van der Waals surface area (Å²) in [6.07, 6.45) is 4.06. The number of nitrogens with two attached hydrogens (primary N) is 1. The number of likely N-dealkylation sites (tertiary alicyclic amines) is 1. The summed E-state index contributed by atoms with van der Waals surface area (Å²) in [5.74, 6) is 0. The molecule has 1 aromatic carbocycles. The SMILES string of the molecule is NCc1cc(Br)cc(N2CCC(N3CCCC3)C2)c1. The first kappa shape index (κ1) is 13.4. The Morgan fingerprint density at radius 1 is 1.16 bits per heavy atom. The van der Waals surface area contributed by atoms with E-state index in [1.165, 1.54) is 56.7 Å². The summed E-state index contributed by atoms with van der Waals surface area (Å²) in [4.78, 5) is 5.18. The largest absolute Gasteiger partial charge is 0.370 e. The van der Waals surface area contributed by atoms with Crippen molar-refractivity contribution in [2.24, 2.45) is 5.73 Å². The minimum Gasteiger partial charge on any atom is -0.370 e. The van der Waals surface area contributed by atoms with Crippen LogP contribution >= 0.6 is 15.9 Å². The average Bonchev–Trinajstić information content (AvgIpc) is 3.08. The Hall–Kier alpha value is -0.580. The molecule has 0 amide bonds. The molecule has 0 radical (unpaired) electrons. The molecule has 2 heterocycles. The number of rotatable bonds is 3. The number of benzene rings is 1. The Labute approximate surface area is 123 Å². The third-order valence-electron chi connectivity index (χ3n) is 4.36. The number of nitrogens with zero attached hydrogens (tertiary/aromatic N) is 2. The molecule has 19 heavy (non-hydrogen) atoms. The van der Waals surface area contributed by atoms with Crippen LogP contribution in [0.5, 0.6) is 0 Å². The van der Waals surface area contributed by atoms with E-state index in [1.807, 2.05) is 0 Å². The fourth-order valence-electron chi connectivity index (χ4n) is 3.31. The van der Waals surface area contributed by atoms with E-state index >= 15 is 0 Å². The maximum atomic E-state index is 5.77. The van der Waals surface area contributed by atoms with E-state index in [9.17, 15) is 0 Å². The molecule has 2 fully saturated rings. The van der Waals surface area contributed by atoms with Gasteiger partial charge in [-0.3, -0.25) is 4.90 Å². The van der Waals surface area contributed by atoms with Crippen LogP contribution in [0.4, 0.5) is 5.69 Å². The summed E-state index contributed by atoms with van der Waals surface area (Å²) in [6, 6.07) is 7.31. The number of halogens is 1. The standard InChI is InChI=1S/C15H22BrN3/c16-13-7-12(10-17)8-15(9-13)19-6-3-14(11-19)18-4-1-2-5-18/h7-9,14H,1-6,10-11,17H2. The summed E-state index contributed by atoms with van der Waals surface area (Å²) < 4.78 is 1.13. The Morgan fingerprint density at radius 2 is 1.95 bits per heavy atom. The average molecular weight is 324 g/mol. The topological polar surface area (TPSA) is 32.5 Å². The van der Waals surface area contributed by atoms with Crippen molar-refractivity contribution in [1.29, 1.82) is 0 Å². The lowest BCUT2D eigenvalue weighted by Crippen LogP contribution is -2.35. The first-order chi connectivity index (χ1) is 9.26. The van der Waals surface area contributed by atoms with Crippen molar-refractivity contribution in [3.05, 3.63) is 28.2 Å². The highest BCUT2D eigenvalue weighted by Crippen LogP contribution is 2.28. The number of hydrogen-bond acceptors (Lipinski definition) is 3. The molecule has 1 unspecified atom stereocenters. The quantitative estimate of drug-likeness (QED) is 0.928. The van der Waals surface area contributed by atoms with Gasteiger partial charge < -0.3 is 10.6 Å². The molecule has 2 saturated heterocycles. The van der Waals surface area contributed by atoms with Crippen LogP contribution in [0.3, 0.4) is 0 Å². The van der Waals surface area contributed by atoms with Gasteiger partial charge in [0, 0.05) is 35.8 Å². The van der Waals surface area contributed by atoms with E-state index in [0.717, 1.165) is 10.5 Å². The number of hydrogen-bond donors (Lipinski definition) is 1. The van der Waals surface area contributed by atoms with Gasteiger partial charge in [-0.15, -0.1) is 0 Å². The Bertz CT molecular complexity index is 443. The van der Waals surface area contributed by atoms with E-state index in [-0.39, 0.29) is 0 Å². The lowest BCUT2D eigenvalue weighted by atomic mass is 10.2. The van der Waals surface area contributed by atoms with Gasteiger partial charge in [0.05, 0.1) is 0 Å². The fraction of sp³-hybridized carbons (Fsp3) is 0.600. The molecule has 0 bridgehead atoms. The fourth-order valence-corrected chi connectivity index (χ4v) is 3.84. The highest BCUT2D eigenvalue weighted by atomic mass is 79.9. The molecular formula is C15H22BrN3. The van der Waals surface area contributed by atoms with Gasteiger partial charge in [-0.1, -0.05) is 15.9 Å². The normalized spacial score (nSPS) is 24.3. The summed E-state index contributed by atoms with van der Waals surface area (Å²) in [5.41, 5.74) is 8.28. The monoisotopic (exact) mass is 323 g/mol. The lowest BCUT2D eigenvalue weighted by molar-refractivity contribution is 0.260. The predicted molar refractivity (Wildman–Crippen MR) is 83.5 cm³/mol. The summed E-state index contributed by atoms with van der Waals surface area (Å²) in [7, 11) is 0. The molecule has 0 aliphatic carbocycles. The van der Waals surface area contributed by atoms with E-state index in [1.54, 1.807) is 0 Å². The van der Waals surface area contributed by atoms with Crippen LogP contribution in [0.2, 0.25) is 0 Å². The molecule has 0 saturated carbocycles. The highest BCUT2D eigenvalue weighted by molar-refractivity contribution is 9.10. The van der Waals surface area contributed by atoms with E-state index in [4.69, 9.17) is 5.73 Å². The van der Waals surface area contributed by atoms with Crippen LogP contribution in [0.1, 0.15) is 24.8 Å². The van der Waals surface area contributed by atoms with Crippen LogP contribution in [0.25, 0.3) is 0 Å². The molecule has 1 aromatic rings. The maximum Gasteiger partial charge on any atom is 0.0381 e. The molecule has 1 atom stereocenters. The molecule has 0 spiro atoms. The minimum atomic E-state index is 0.607. The van der Waals surface area contributed by atoms with Gasteiger partial charge in [0.2, 0.25) is 0 Å². The van der Waals surface area contributed by atoms with Crippen LogP contribution in [-0.4, -0.2) is 37.1 Å². The van der Waals surface area contributed by atoms with Crippen molar-refractivity contribution in [3.8, 4) is 0 Å². The summed E-state index contributed by atoms with van der Waals surface area (Å²) in [6.45, 7) is 5.54. The van der Waals surface area contributed by atoms with E-state index in [2.05, 4.69) is 43.9 Å².